The van der Waals surface area contributed by atoms with Gasteiger partial charge >= 0.3 is 6.03 Å². The van der Waals surface area contributed by atoms with Crippen LogP contribution in [-0.4, -0.2) is 29.2 Å². The zero-order chi connectivity index (χ0) is 17.6. The number of nitrogens with one attached hydrogen (secondary N) is 1. The van der Waals surface area contributed by atoms with E-state index in [0.717, 1.165) is 17.0 Å². The lowest BCUT2D eigenvalue weighted by atomic mass is 9.89. The van der Waals surface area contributed by atoms with Crippen molar-refractivity contribution in [3.63, 3.8) is 0 Å². The fourth-order valence-corrected chi connectivity index (χ4v) is 2.30. The molecule has 5 nitrogen and oxygen atoms in total. The molecular weight excluding hydrogens is 306 g/mol. The number of carbonyl (C=O) groups is 3. The minimum absolute atomic E-state index is 0.150. The number of benzene rings is 1. The van der Waals surface area contributed by atoms with Gasteiger partial charge in [-0.2, -0.15) is 0 Å². The first-order valence-corrected chi connectivity index (χ1v) is 7.10. The highest BCUT2D eigenvalue weighted by molar-refractivity contribution is 6.09. The molecule has 1 heterocycles. The fraction of sp³-hybridized carbons (Fsp3) is 0.438. The number of hydrogen-bond acceptors (Lipinski definition) is 3. The van der Waals surface area contributed by atoms with Gasteiger partial charge in [-0.25, -0.2) is 13.6 Å². The molecule has 1 unspecified atom stereocenters. The predicted octanol–water partition coefficient (Wildman–Crippen LogP) is 2.35. The molecule has 0 aliphatic carbocycles. The topological polar surface area (TPSA) is 66.5 Å². The Balaban J connectivity index is 2.35. The summed E-state index contributed by atoms with van der Waals surface area (Å²) in [4.78, 5) is 37.5. The van der Waals surface area contributed by atoms with Crippen LogP contribution in [0.15, 0.2) is 18.2 Å². The molecule has 1 fully saturated rings. The average molecular weight is 324 g/mol. The molecule has 1 aliphatic rings. The lowest BCUT2D eigenvalue weighted by Gasteiger charge is -2.24. The number of carbonyl (C=O) groups excluding carboxylic acids is 3. The zero-order valence-electron chi connectivity index (χ0n) is 13.4. The monoisotopic (exact) mass is 324 g/mol. The molecule has 0 spiro atoms. The molecule has 0 aromatic heterocycles. The number of halogens is 2. The summed E-state index contributed by atoms with van der Waals surface area (Å²) in [6.07, 6.45) is 0. The number of Topliss-reactive ketones (excluding diaryl/α,β-unsaturated/α-hetero) is 1. The van der Waals surface area contributed by atoms with E-state index in [1.807, 2.05) is 0 Å². The highest BCUT2D eigenvalue weighted by Crippen LogP contribution is 2.31. The van der Waals surface area contributed by atoms with Crippen molar-refractivity contribution in [2.24, 2.45) is 5.41 Å². The van der Waals surface area contributed by atoms with Crippen LogP contribution in [-0.2, 0) is 15.1 Å². The van der Waals surface area contributed by atoms with Crippen LogP contribution in [0.5, 0.6) is 0 Å². The van der Waals surface area contributed by atoms with Crippen molar-refractivity contribution in [1.82, 2.24) is 10.2 Å². The van der Waals surface area contributed by atoms with Crippen molar-refractivity contribution in [1.29, 1.82) is 0 Å². The maximum atomic E-state index is 14.0. The number of hydrogen-bond donors (Lipinski definition) is 1. The van der Waals surface area contributed by atoms with Gasteiger partial charge in [0.15, 0.2) is 5.78 Å². The quantitative estimate of drug-likeness (QED) is 0.868. The number of urea groups is 1. The molecule has 0 bridgehead atoms. The smallest absolute Gasteiger partial charge is 0.319 e. The molecule has 124 valence electrons. The number of nitrogens with zero attached hydrogens (tertiary/aromatic N) is 1. The van der Waals surface area contributed by atoms with Crippen molar-refractivity contribution < 1.29 is 23.2 Å². The summed E-state index contributed by atoms with van der Waals surface area (Å²) < 4.78 is 27.0. The van der Waals surface area contributed by atoms with Crippen LogP contribution in [0.2, 0.25) is 0 Å². The van der Waals surface area contributed by atoms with Crippen LogP contribution in [0.4, 0.5) is 13.6 Å². The first-order chi connectivity index (χ1) is 10.5. The molecule has 1 aromatic rings. The highest BCUT2D eigenvalue weighted by Gasteiger charge is 2.51. The van der Waals surface area contributed by atoms with Crippen molar-refractivity contribution in [2.45, 2.75) is 33.2 Å². The van der Waals surface area contributed by atoms with Crippen LogP contribution in [0.3, 0.4) is 0 Å². The minimum Gasteiger partial charge on any atom is -0.319 e. The molecule has 0 saturated carbocycles. The Hall–Kier alpha value is -2.31. The summed E-state index contributed by atoms with van der Waals surface area (Å²) >= 11 is 0. The number of ketones is 1. The summed E-state index contributed by atoms with van der Waals surface area (Å²) in [7, 11) is 0. The largest absolute Gasteiger partial charge is 0.325 e. The van der Waals surface area contributed by atoms with Crippen LogP contribution in [0.25, 0.3) is 0 Å². The fourth-order valence-electron chi connectivity index (χ4n) is 2.30. The van der Waals surface area contributed by atoms with Crippen LogP contribution in [0, 0.1) is 17.0 Å². The molecular formula is C16H18F2N2O3. The van der Waals surface area contributed by atoms with E-state index in [9.17, 15) is 23.2 Å². The SMILES string of the molecule is CC(C)(C)C(=O)CN1C(=O)NC(C)(c2ccc(F)cc2F)C1=O. The second-order valence-electron chi connectivity index (χ2n) is 6.74. The van der Waals surface area contributed by atoms with E-state index in [-0.39, 0.29) is 11.3 Å². The Bertz CT molecular complexity index is 697. The van der Waals surface area contributed by atoms with Crippen LogP contribution < -0.4 is 5.32 Å². The molecule has 2 rings (SSSR count). The van der Waals surface area contributed by atoms with Gasteiger partial charge in [0.1, 0.15) is 17.2 Å². The Morgan fingerprint density at radius 3 is 2.39 bits per heavy atom. The molecule has 0 radical (unpaired) electrons. The minimum atomic E-state index is -1.67. The van der Waals surface area contributed by atoms with Crippen molar-refractivity contribution >= 4 is 17.7 Å². The predicted molar refractivity (Wildman–Crippen MR) is 78.4 cm³/mol. The third-order valence-electron chi connectivity index (χ3n) is 3.88. The van der Waals surface area contributed by atoms with Gasteiger partial charge in [0.05, 0.1) is 6.54 Å². The molecule has 1 aromatic carbocycles. The summed E-state index contributed by atoms with van der Waals surface area (Å²) in [6, 6.07) is 1.98. The van der Waals surface area contributed by atoms with Crippen molar-refractivity contribution in [3.8, 4) is 0 Å². The average Bonchev–Trinajstić information content (AvgIpc) is 2.61. The normalized spacial score (nSPS) is 21.6. The van der Waals surface area contributed by atoms with Gasteiger partial charge in [-0.15, -0.1) is 0 Å². The maximum absolute atomic E-state index is 14.0. The van der Waals surface area contributed by atoms with E-state index >= 15 is 0 Å². The zero-order valence-corrected chi connectivity index (χ0v) is 13.4. The van der Waals surface area contributed by atoms with E-state index in [0.29, 0.717) is 6.07 Å². The van der Waals surface area contributed by atoms with E-state index in [2.05, 4.69) is 5.32 Å². The van der Waals surface area contributed by atoms with Gasteiger partial charge in [-0.05, 0) is 13.0 Å². The summed E-state index contributed by atoms with van der Waals surface area (Å²) in [5.41, 5.74) is -2.55. The first kappa shape index (κ1) is 17.1. The molecule has 1 atom stereocenters. The van der Waals surface area contributed by atoms with Gasteiger partial charge in [-0.3, -0.25) is 14.5 Å². The van der Waals surface area contributed by atoms with E-state index in [1.54, 1.807) is 20.8 Å². The summed E-state index contributed by atoms with van der Waals surface area (Å²) in [5.74, 6) is -2.77. The molecule has 23 heavy (non-hydrogen) atoms. The molecule has 1 N–H and O–H groups in total. The molecule has 1 saturated heterocycles. The molecule has 7 heteroatoms. The molecule has 1 aliphatic heterocycles. The number of rotatable bonds is 3. The Morgan fingerprint density at radius 1 is 1.26 bits per heavy atom. The van der Waals surface area contributed by atoms with Gasteiger partial charge in [-0.1, -0.05) is 26.8 Å². The Kier molecular flexibility index (Phi) is 4.00. The van der Waals surface area contributed by atoms with E-state index in [4.69, 9.17) is 0 Å². The van der Waals surface area contributed by atoms with E-state index < -0.39 is 41.1 Å². The highest BCUT2D eigenvalue weighted by atomic mass is 19.1. The second-order valence-corrected chi connectivity index (χ2v) is 6.74. The lowest BCUT2D eigenvalue weighted by Crippen LogP contribution is -2.43. The van der Waals surface area contributed by atoms with Gasteiger partial charge in [0.25, 0.3) is 5.91 Å². The van der Waals surface area contributed by atoms with Crippen LogP contribution in [0.1, 0.15) is 33.3 Å². The Labute approximate surface area is 132 Å². The third-order valence-corrected chi connectivity index (χ3v) is 3.88. The van der Waals surface area contributed by atoms with Gasteiger partial charge < -0.3 is 5.32 Å². The third kappa shape index (κ3) is 2.95. The van der Waals surface area contributed by atoms with Crippen molar-refractivity contribution in [3.05, 3.63) is 35.4 Å². The standard InChI is InChI=1S/C16H18F2N2O3/c1-15(2,3)12(21)8-20-13(22)16(4,19-14(20)23)10-6-5-9(17)7-11(10)18/h5-7H,8H2,1-4H3,(H,19,23). The lowest BCUT2D eigenvalue weighted by molar-refractivity contribution is -0.136. The molecule has 3 amide bonds. The summed E-state index contributed by atoms with van der Waals surface area (Å²) in [5, 5.41) is 2.39. The summed E-state index contributed by atoms with van der Waals surface area (Å²) in [6.45, 7) is 5.95. The second kappa shape index (κ2) is 5.40. The van der Waals surface area contributed by atoms with Gasteiger partial charge in [0.2, 0.25) is 0 Å². The van der Waals surface area contributed by atoms with E-state index in [1.165, 1.54) is 6.92 Å². The van der Waals surface area contributed by atoms with Crippen molar-refractivity contribution in [2.75, 3.05) is 6.54 Å². The Morgan fingerprint density at radius 2 is 1.87 bits per heavy atom. The number of amides is 3. The first-order valence-electron chi connectivity index (χ1n) is 7.10. The van der Waals surface area contributed by atoms with Crippen LogP contribution >= 0.6 is 0 Å². The van der Waals surface area contributed by atoms with Gasteiger partial charge in [0, 0.05) is 17.0 Å². The number of imide groups is 1. The maximum Gasteiger partial charge on any atom is 0.325 e.